The Hall–Kier alpha value is -1.07. The molecule has 0 radical (unpaired) electrons. The van der Waals surface area contributed by atoms with Gasteiger partial charge >= 0.3 is 0 Å². The van der Waals surface area contributed by atoms with Gasteiger partial charge in [-0.05, 0) is 43.4 Å². The molecule has 112 valence electrons. The van der Waals surface area contributed by atoms with Gasteiger partial charge in [-0.15, -0.1) is 0 Å². The smallest absolute Gasteiger partial charge is 0.243 e. The van der Waals surface area contributed by atoms with Crippen molar-refractivity contribution in [1.82, 2.24) is 4.31 Å². The molecule has 1 fully saturated rings. The number of nitrogen functional groups attached to an aromatic ring is 1. The zero-order valence-corrected chi connectivity index (χ0v) is 13.1. The number of hydrogen-bond donors (Lipinski definition) is 1. The molecule has 1 aromatic carbocycles. The molecule has 4 nitrogen and oxygen atoms in total. The summed E-state index contributed by atoms with van der Waals surface area (Å²) in [7, 11) is -3.42. The van der Waals surface area contributed by atoms with Gasteiger partial charge < -0.3 is 5.73 Å². The molecule has 1 saturated heterocycles. The molecule has 2 rings (SSSR count). The molecular weight excluding hydrogens is 272 g/mol. The van der Waals surface area contributed by atoms with Crippen LogP contribution in [0.4, 0.5) is 5.69 Å². The Morgan fingerprint density at radius 3 is 2.65 bits per heavy atom. The molecular formula is C15H24N2O2S. The number of piperidine rings is 1. The van der Waals surface area contributed by atoms with E-state index >= 15 is 0 Å². The molecule has 1 heterocycles. The van der Waals surface area contributed by atoms with Crippen molar-refractivity contribution in [3.63, 3.8) is 0 Å². The van der Waals surface area contributed by atoms with Gasteiger partial charge in [0.25, 0.3) is 0 Å². The number of rotatable bonds is 4. The average molecular weight is 296 g/mol. The lowest BCUT2D eigenvalue weighted by molar-refractivity contribution is 0.246. The first-order valence-electron chi connectivity index (χ1n) is 7.41. The van der Waals surface area contributed by atoms with Gasteiger partial charge in [0.15, 0.2) is 0 Å². The maximum atomic E-state index is 12.8. The van der Waals surface area contributed by atoms with Crippen LogP contribution in [-0.4, -0.2) is 25.3 Å². The molecule has 0 saturated carbocycles. The first kappa shape index (κ1) is 15.3. The molecule has 0 aliphatic carbocycles. The zero-order valence-electron chi connectivity index (χ0n) is 12.3. The third kappa shape index (κ3) is 2.83. The molecule has 2 N–H and O–H groups in total. The molecule has 5 heteroatoms. The van der Waals surface area contributed by atoms with E-state index in [0.29, 0.717) is 17.1 Å². The van der Waals surface area contributed by atoms with Gasteiger partial charge in [0.05, 0.1) is 4.90 Å². The van der Waals surface area contributed by atoms with Crippen LogP contribution in [0.1, 0.15) is 45.1 Å². The third-order valence-corrected chi connectivity index (χ3v) is 6.10. The van der Waals surface area contributed by atoms with Crippen LogP contribution in [0.15, 0.2) is 23.1 Å². The van der Waals surface area contributed by atoms with Crippen molar-refractivity contribution in [2.75, 3.05) is 12.3 Å². The van der Waals surface area contributed by atoms with Crippen LogP contribution in [0.25, 0.3) is 0 Å². The van der Waals surface area contributed by atoms with Crippen LogP contribution in [0, 0.1) is 0 Å². The fourth-order valence-corrected chi connectivity index (χ4v) is 4.69. The van der Waals surface area contributed by atoms with Gasteiger partial charge in [0, 0.05) is 18.3 Å². The summed E-state index contributed by atoms with van der Waals surface area (Å²) in [6, 6.07) is 5.25. The minimum Gasteiger partial charge on any atom is -0.398 e. The van der Waals surface area contributed by atoms with Crippen molar-refractivity contribution in [1.29, 1.82) is 0 Å². The number of anilines is 1. The summed E-state index contributed by atoms with van der Waals surface area (Å²) in [5, 5.41) is 0. The second-order valence-electron chi connectivity index (χ2n) is 5.39. The lowest BCUT2D eigenvalue weighted by Crippen LogP contribution is -2.43. The van der Waals surface area contributed by atoms with E-state index in [1.807, 2.05) is 19.9 Å². The molecule has 0 aromatic heterocycles. The lowest BCUT2D eigenvalue weighted by atomic mass is 10.0. The average Bonchev–Trinajstić information content (AvgIpc) is 2.47. The summed E-state index contributed by atoms with van der Waals surface area (Å²) < 4.78 is 27.2. The Balaban J connectivity index is 2.36. The maximum Gasteiger partial charge on any atom is 0.243 e. The predicted octanol–water partition coefficient (Wildman–Crippen LogP) is 2.78. The maximum absolute atomic E-state index is 12.8. The molecule has 20 heavy (non-hydrogen) atoms. The zero-order chi connectivity index (χ0) is 14.8. The van der Waals surface area contributed by atoms with Crippen LogP contribution >= 0.6 is 0 Å². The normalized spacial score (nSPS) is 21.0. The number of aryl methyl sites for hydroxylation is 1. The third-order valence-electron chi connectivity index (χ3n) is 4.15. The fourth-order valence-electron chi connectivity index (χ4n) is 2.89. The van der Waals surface area contributed by atoms with Crippen LogP contribution in [0.5, 0.6) is 0 Å². The Labute approximate surface area is 122 Å². The van der Waals surface area contributed by atoms with Crippen molar-refractivity contribution in [3.8, 4) is 0 Å². The summed E-state index contributed by atoms with van der Waals surface area (Å²) in [5.41, 5.74) is 7.51. The fraction of sp³-hybridized carbons (Fsp3) is 0.600. The molecule has 1 unspecified atom stereocenters. The van der Waals surface area contributed by atoms with E-state index in [1.54, 1.807) is 16.4 Å². The molecule has 0 amide bonds. The molecule has 1 aliphatic rings. The topological polar surface area (TPSA) is 63.4 Å². The number of nitrogens with two attached hydrogens (primary N) is 1. The second kappa shape index (κ2) is 6.14. The minimum atomic E-state index is -3.42. The quantitative estimate of drug-likeness (QED) is 0.869. The summed E-state index contributed by atoms with van der Waals surface area (Å²) in [5.74, 6) is 0. The number of hydrogen-bond acceptors (Lipinski definition) is 3. The van der Waals surface area contributed by atoms with E-state index in [4.69, 9.17) is 5.73 Å². The molecule has 1 atom stereocenters. The summed E-state index contributed by atoms with van der Waals surface area (Å²) in [6.07, 6.45) is 4.69. The van der Waals surface area contributed by atoms with Crippen LogP contribution in [0.3, 0.4) is 0 Å². The number of sulfonamides is 1. The summed E-state index contributed by atoms with van der Waals surface area (Å²) in [4.78, 5) is 0.326. The minimum absolute atomic E-state index is 0.126. The highest BCUT2D eigenvalue weighted by Crippen LogP contribution is 2.28. The second-order valence-corrected chi connectivity index (χ2v) is 7.28. The molecule has 0 spiro atoms. The first-order chi connectivity index (χ1) is 9.50. The van der Waals surface area contributed by atoms with Crippen molar-refractivity contribution >= 4 is 15.7 Å². The Morgan fingerprint density at radius 2 is 2.05 bits per heavy atom. The SMILES string of the molecule is CCc1ccc(S(=O)(=O)N2CCCCC2CC)cc1N. The van der Waals surface area contributed by atoms with Crippen LogP contribution in [0.2, 0.25) is 0 Å². The van der Waals surface area contributed by atoms with Gasteiger partial charge in [0.2, 0.25) is 10.0 Å². The highest BCUT2D eigenvalue weighted by Gasteiger charge is 2.32. The predicted molar refractivity (Wildman–Crippen MR) is 82.1 cm³/mol. The van der Waals surface area contributed by atoms with Crippen LogP contribution in [-0.2, 0) is 16.4 Å². The van der Waals surface area contributed by atoms with E-state index in [2.05, 4.69) is 0 Å². The monoisotopic (exact) mass is 296 g/mol. The van der Waals surface area contributed by atoms with Crippen molar-refractivity contribution < 1.29 is 8.42 Å². The van der Waals surface area contributed by atoms with E-state index in [1.165, 1.54) is 0 Å². The molecule has 1 aliphatic heterocycles. The highest BCUT2D eigenvalue weighted by atomic mass is 32.2. The largest absolute Gasteiger partial charge is 0.398 e. The van der Waals surface area contributed by atoms with Crippen LogP contribution < -0.4 is 5.73 Å². The van der Waals surface area contributed by atoms with E-state index in [9.17, 15) is 8.42 Å². The molecule has 1 aromatic rings. The Kier molecular flexibility index (Phi) is 4.70. The Morgan fingerprint density at radius 1 is 1.30 bits per heavy atom. The van der Waals surface area contributed by atoms with Gasteiger partial charge in [-0.25, -0.2) is 8.42 Å². The van der Waals surface area contributed by atoms with Crippen molar-refractivity contribution in [2.24, 2.45) is 0 Å². The molecule has 0 bridgehead atoms. The summed E-state index contributed by atoms with van der Waals surface area (Å²) >= 11 is 0. The number of benzene rings is 1. The van der Waals surface area contributed by atoms with Gasteiger partial charge in [-0.3, -0.25) is 0 Å². The van der Waals surface area contributed by atoms with Crippen molar-refractivity contribution in [2.45, 2.75) is 56.9 Å². The number of nitrogens with zero attached hydrogens (tertiary/aromatic N) is 1. The standard InChI is InChI=1S/C15H24N2O2S/c1-3-12-8-9-14(11-15(12)16)20(18,19)17-10-6-5-7-13(17)4-2/h8-9,11,13H,3-7,10,16H2,1-2H3. The highest BCUT2D eigenvalue weighted by molar-refractivity contribution is 7.89. The van der Waals surface area contributed by atoms with Gasteiger partial charge in [-0.2, -0.15) is 4.31 Å². The van der Waals surface area contributed by atoms with E-state index in [0.717, 1.165) is 37.7 Å². The summed E-state index contributed by atoms with van der Waals surface area (Å²) in [6.45, 7) is 4.68. The van der Waals surface area contributed by atoms with E-state index < -0.39 is 10.0 Å². The van der Waals surface area contributed by atoms with Gasteiger partial charge in [-0.1, -0.05) is 26.3 Å². The Bertz CT molecular complexity index is 569. The first-order valence-corrected chi connectivity index (χ1v) is 8.85. The lowest BCUT2D eigenvalue weighted by Gasteiger charge is -2.34. The van der Waals surface area contributed by atoms with Crippen molar-refractivity contribution in [3.05, 3.63) is 23.8 Å². The van der Waals surface area contributed by atoms with E-state index in [-0.39, 0.29) is 6.04 Å². The van der Waals surface area contributed by atoms with Gasteiger partial charge in [0.1, 0.15) is 0 Å².